The van der Waals surface area contributed by atoms with Gasteiger partial charge in [0.15, 0.2) is 17.2 Å². The summed E-state index contributed by atoms with van der Waals surface area (Å²) >= 11 is 3.33. The lowest BCUT2D eigenvalue weighted by molar-refractivity contribution is -0.172. The van der Waals surface area contributed by atoms with Gasteiger partial charge in [0.05, 0.1) is 33.5 Å². The van der Waals surface area contributed by atoms with Crippen LogP contribution in [0.4, 0.5) is 14.5 Å². The minimum Gasteiger partial charge on any atom is -0.458 e. The van der Waals surface area contributed by atoms with Crippen LogP contribution in [0.3, 0.4) is 0 Å². The van der Waals surface area contributed by atoms with E-state index in [2.05, 4.69) is 15.9 Å². The van der Waals surface area contributed by atoms with Crippen LogP contribution in [-0.4, -0.2) is 28.6 Å². The monoisotopic (exact) mass is 506 g/mol. The van der Waals surface area contributed by atoms with Crippen molar-refractivity contribution in [3.05, 3.63) is 73.3 Å². The Bertz CT molecular complexity index is 1310. The Labute approximate surface area is 189 Å². The molecule has 0 spiro atoms. The van der Waals surface area contributed by atoms with E-state index in [1.54, 1.807) is 19.9 Å². The predicted octanol–water partition coefficient (Wildman–Crippen LogP) is 2.75. The number of cyclic esters (lactones) is 1. The van der Waals surface area contributed by atoms with Gasteiger partial charge in [-0.1, -0.05) is 6.92 Å². The van der Waals surface area contributed by atoms with Crippen LogP contribution >= 0.6 is 15.9 Å². The van der Waals surface area contributed by atoms with Gasteiger partial charge in [0.1, 0.15) is 12.5 Å². The maximum absolute atomic E-state index is 13.9. The maximum Gasteiger partial charge on any atom is 0.343 e. The molecule has 2 aromatic rings. The van der Waals surface area contributed by atoms with E-state index >= 15 is 0 Å². The molecule has 166 valence electrons. The molecule has 3 heterocycles. The number of aromatic nitrogens is 1. The highest BCUT2D eigenvalue weighted by Crippen LogP contribution is 2.42. The maximum atomic E-state index is 13.9. The molecule has 0 fully saturated rings. The minimum absolute atomic E-state index is 0.00713. The number of likely N-dealkylation sites (N-methyl/N-ethyl adjacent to an activating group) is 1. The molecule has 0 saturated carbocycles. The number of nitrogens with zero attached hydrogens (tertiary/aromatic N) is 2. The van der Waals surface area contributed by atoms with Crippen LogP contribution in [0.25, 0.3) is 5.57 Å². The fourth-order valence-corrected chi connectivity index (χ4v) is 4.67. The van der Waals surface area contributed by atoms with E-state index in [0.29, 0.717) is 5.70 Å². The Morgan fingerprint density at radius 3 is 2.62 bits per heavy atom. The van der Waals surface area contributed by atoms with Crippen LogP contribution in [0.2, 0.25) is 0 Å². The van der Waals surface area contributed by atoms with E-state index in [1.165, 1.54) is 21.7 Å². The summed E-state index contributed by atoms with van der Waals surface area (Å²) in [6, 6.07) is 3.37. The standard InChI is InChI=1S/C22H17BrF2N2O5/c1-3-22(31)14-4-5-27(20(29)13(14)10-32-21(22)30)8-18-19(23)12(9-28)11-6-15(24)16(25)7-17(11)26(18)2/h4-7,31H,3,8,10H2,1-2H3/t22-/m0/s1. The zero-order valence-electron chi connectivity index (χ0n) is 17.0. The van der Waals surface area contributed by atoms with Crippen LogP contribution in [0.5, 0.6) is 0 Å². The number of carbonyl (C=O) groups excluding carboxylic acids is 2. The van der Waals surface area contributed by atoms with Gasteiger partial charge in [0, 0.05) is 30.4 Å². The average Bonchev–Trinajstić information content (AvgIpc) is 2.77. The van der Waals surface area contributed by atoms with Gasteiger partial charge in [0.25, 0.3) is 5.56 Å². The molecule has 32 heavy (non-hydrogen) atoms. The predicted molar refractivity (Wildman–Crippen MR) is 115 cm³/mol. The van der Waals surface area contributed by atoms with Crippen LogP contribution < -0.4 is 10.5 Å². The Morgan fingerprint density at radius 1 is 1.28 bits per heavy atom. The number of aliphatic hydroxyl groups is 1. The SMILES string of the molecule is CC[C@@]1(O)C(=O)OCc2c1ccn(CC1=C(Br)C(=C=O)c3cc(F)c(F)cc3N1C)c2=O. The van der Waals surface area contributed by atoms with Crippen LogP contribution in [0, 0.1) is 11.6 Å². The number of rotatable bonds is 3. The Kier molecular flexibility index (Phi) is 5.40. The molecule has 2 aliphatic rings. The molecule has 0 unspecified atom stereocenters. The molecule has 0 aliphatic carbocycles. The molecule has 0 radical (unpaired) electrons. The van der Waals surface area contributed by atoms with Crippen molar-refractivity contribution in [2.24, 2.45) is 0 Å². The molecule has 0 saturated heterocycles. The lowest BCUT2D eigenvalue weighted by atomic mass is 9.87. The highest BCUT2D eigenvalue weighted by atomic mass is 79.9. The highest BCUT2D eigenvalue weighted by molar-refractivity contribution is 9.12. The van der Waals surface area contributed by atoms with E-state index in [-0.39, 0.29) is 52.0 Å². The Balaban J connectivity index is 1.81. The summed E-state index contributed by atoms with van der Waals surface area (Å²) in [6.45, 7) is 1.28. The zero-order valence-corrected chi connectivity index (χ0v) is 18.6. The van der Waals surface area contributed by atoms with Crippen molar-refractivity contribution in [1.82, 2.24) is 4.57 Å². The smallest absolute Gasteiger partial charge is 0.343 e. The zero-order chi connectivity index (χ0) is 23.4. The summed E-state index contributed by atoms with van der Waals surface area (Å²) in [5.41, 5.74) is -1.24. The second-order valence-electron chi connectivity index (χ2n) is 7.51. The van der Waals surface area contributed by atoms with Crippen molar-refractivity contribution in [3.63, 3.8) is 0 Å². The molecule has 0 bridgehead atoms. The van der Waals surface area contributed by atoms with Gasteiger partial charge in [-0.3, -0.25) is 4.79 Å². The van der Waals surface area contributed by atoms with Crippen LogP contribution in [-0.2, 0) is 33.1 Å². The third kappa shape index (κ3) is 3.14. The number of hydrogen-bond donors (Lipinski definition) is 1. The van der Waals surface area contributed by atoms with Crippen molar-refractivity contribution in [1.29, 1.82) is 0 Å². The second kappa shape index (κ2) is 7.81. The van der Waals surface area contributed by atoms with Gasteiger partial charge in [-0.2, -0.15) is 0 Å². The molecular formula is C22H17BrF2N2O5. The molecule has 4 rings (SSSR count). The molecule has 2 aliphatic heterocycles. The molecule has 7 nitrogen and oxygen atoms in total. The molecule has 1 aromatic heterocycles. The number of allylic oxidation sites excluding steroid dienone is 3. The van der Waals surface area contributed by atoms with Crippen molar-refractivity contribution in [2.45, 2.75) is 32.1 Å². The lowest BCUT2D eigenvalue weighted by Gasteiger charge is -2.33. The largest absolute Gasteiger partial charge is 0.458 e. The van der Waals surface area contributed by atoms with Gasteiger partial charge < -0.3 is 19.3 Å². The van der Waals surface area contributed by atoms with E-state index in [0.717, 1.165) is 12.1 Å². The van der Waals surface area contributed by atoms with Crippen molar-refractivity contribution in [3.8, 4) is 0 Å². The molecule has 0 amide bonds. The number of hydrogen-bond acceptors (Lipinski definition) is 6. The lowest BCUT2D eigenvalue weighted by Crippen LogP contribution is -2.44. The van der Waals surface area contributed by atoms with Crippen molar-refractivity contribution >= 4 is 39.1 Å². The molecule has 1 atom stereocenters. The van der Waals surface area contributed by atoms with Gasteiger partial charge in [-0.15, -0.1) is 0 Å². The third-order valence-electron chi connectivity index (χ3n) is 5.88. The number of esters is 1. The van der Waals surface area contributed by atoms with Gasteiger partial charge >= 0.3 is 5.97 Å². The van der Waals surface area contributed by atoms with E-state index in [1.807, 2.05) is 0 Å². The van der Waals surface area contributed by atoms with Gasteiger partial charge in [0.2, 0.25) is 0 Å². The van der Waals surface area contributed by atoms with E-state index in [4.69, 9.17) is 4.74 Å². The van der Waals surface area contributed by atoms with Crippen LogP contribution in [0.1, 0.15) is 30.0 Å². The second-order valence-corrected chi connectivity index (χ2v) is 8.30. The third-order valence-corrected chi connectivity index (χ3v) is 6.73. The number of benzene rings is 1. The highest BCUT2D eigenvalue weighted by Gasteiger charge is 2.44. The first-order chi connectivity index (χ1) is 15.1. The van der Waals surface area contributed by atoms with Gasteiger partial charge in [-0.05, 0) is 34.5 Å². The van der Waals surface area contributed by atoms with Gasteiger partial charge in [-0.25, -0.2) is 18.4 Å². The number of halogens is 3. The number of fused-ring (bicyclic) bond motifs is 2. The van der Waals surface area contributed by atoms with Crippen LogP contribution in [0.15, 0.2) is 39.4 Å². The quantitative estimate of drug-likeness (QED) is 0.508. The molecule has 1 aromatic carbocycles. The first kappa shape index (κ1) is 22.1. The number of carbonyl (C=O) groups is 1. The Morgan fingerprint density at radius 2 is 1.97 bits per heavy atom. The summed E-state index contributed by atoms with van der Waals surface area (Å²) in [5, 5.41) is 10.7. The van der Waals surface area contributed by atoms with Crippen molar-refractivity contribution < 1.29 is 28.2 Å². The summed E-state index contributed by atoms with van der Waals surface area (Å²) in [6.07, 6.45) is 1.46. The van der Waals surface area contributed by atoms with Crippen molar-refractivity contribution in [2.75, 3.05) is 11.9 Å². The summed E-state index contributed by atoms with van der Waals surface area (Å²) in [5.74, 6) is -1.24. The summed E-state index contributed by atoms with van der Waals surface area (Å²) in [4.78, 5) is 38.3. The molecule has 1 N–H and O–H groups in total. The number of ether oxygens (including phenoxy) is 1. The fourth-order valence-electron chi connectivity index (χ4n) is 3.98. The average molecular weight is 507 g/mol. The topological polar surface area (TPSA) is 88.8 Å². The normalized spacial score (nSPS) is 20.0. The fraction of sp³-hybridized carbons (Fsp3) is 0.273. The first-order valence-electron chi connectivity index (χ1n) is 9.63. The summed E-state index contributed by atoms with van der Waals surface area (Å²) < 4.78 is 34.3. The number of anilines is 1. The minimum atomic E-state index is -1.90. The van der Waals surface area contributed by atoms with E-state index in [9.17, 15) is 28.3 Å². The Hall–Kier alpha value is -3.07. The first-order valence-corrected chi connectivity index (χ1v) is 10.4. The molecular weight excluding hydrogens is 490 g/mol. The molecule has 10 heteroatoms. The number of pyridine rings is 1. The van der Waals surface area contributed by atoms with E-state index < -0.39 is 28.8 Å². The summed E-state index contributed by atoms with van der Waals surface area (Å²) in [7, 11) is 1.59.